The van der Waals surface area contributed by atoms with Crippen molar-refractivity contribution in [1.29, 1.82) is 0 Å². The quantitative estimate of drug-likeness (QED) is 0.661. The Hall–Kier alpha value is -0.970. The van der Waals surface area contributed by atoms with Gasteiger partial charge in [-0.2, -0.15) is 0 Å². The number of para-hydroxylation sites is 1. The Morgan fingerprint density at radius 1 is 1.28 bits per heavy atom. The third-order valence-electron chi connectivity index (χ3n) is 2.65. The molecule has 0 aliphatic heterocycles. The van der Waals surface area contributed by atoms with Crippen molar-refractivity contribution >= 4 is 44.5 Å². The van der Waals surface area contributed by atoms with Crippen LogP contribution in [0.2, 0.25) is 0 Å². The average Bonchev–Trinajstić information content (AvgIpc) is 2.94. The van der Waals surface area contributed by atoms with E-state index in [0.717, 1.165) is 27.6 Å². The molecule has 1 atom stereocenters. The summed E-state index contributed by atoms with van der Waals surface area (Å²) in [5.41, 5.74) is 2.01. The van der Waals surface area contributed by atoms with Gasteiger partial charge in [0.1, 0.15) is 0 Å². The van der Waals surface area contributed by atoms with Gasteiger partial charge >= 0.3 is 0 Å². The molecular formula is C13H11ClN2S2. The van der Waals surface area contributed by atoms with E-state index in [4.69, 9.17) is 11.6 Å². The lowest BCUT2D eigenvalue weighted by atomic mass is 10.2. The van der Waals surface area contributed by atoms with Crippen molar-refractivity contribution in [2.24, 2.45) is 0 Å². The molecule has 0 saturated heterocycles. The van der Waals surface area contributed by atoms with Crippen LogP contribution in [0.1, 0.15) is 21.1 Å². The number of nitrogens with zero attached hydrogens (tertiary/aromatic N) is 2. The van der Waals surface area contributed by atoms with Gasteiger partial charge in [-0.3, -0.25) is 0 Å². The molecule has 2 nitrogen and oxygen atoms in total. The summed E-state index contributed by atoms with van der Waals surface area (Å²) in [5, 5.41) is 4.07. The molecule has 3 rings (SSSR count). The first-order chi connectivity index (χ1) is 8.72. The number of hydrogen-bond acceptors (Lipinski definition) is 4. The van der Waals surface area contributed by atoms with Crippen molar-refractivity contribution < 1.29 is 0 Å². The van der Waals surface area contributed by atoms with Crippen molar-refractivity contribution in [2.75, 3.05) is 0 Å². The zero-order chi connectivity index (χ0) is 12.5. The molecule has 1 aromatic carbocycles. The predicted octanol–water partition coefficient (Wildman–Crippen LogP) is 4.58. The van der Waals surface area contributed by atoms with Crippen LogP contribution in [0.25, 0.3) is 10.2 Å². The number of halogens is 1. The van der Waals surface area contributed by atoms with Crippen molar-refractivity contribution in [3.63, 3.8) is 0 Å². The minimum absolute atomic E-state index is 0.0875. The first-order valence-corrected chi connectivity index (χ1v) is 7.76. The second-order valence-electron chi connectivity index (χ2n) is 4.04. The summed E-state index contributed by atoms with van der Waals surface area (Å²) in [7, 11) is 0. The Balaban J connectivity index is 1.83. The number of aromatic nitrogens is 2. The molecule has 0 aliphatic carbocycles. The summed E-state index contributed by atoms with van der Waals surface area (Å²) in [5.74, 6) is 0. The van der Waals surface area contributed by atoms with Gasteiger partial charge in [0.05, 0.1) is 31.3 Å². The Kier molecular flexibility index (Phi) is 3.33. The Bertz CT molecular complexity index is 641. The van der Waals surface area contributed by atoms with E-state index in [9.17, 15) is 0 Å². The second-order valence-corrected chi connectivity index (χ2v) is 6.74. The molecule has 3 aromatic rings. The van der Waals surface area contributed by atoms with Gasteiger partial charge in [-0.1, -0.05) is 12.1 Å². The lowest BCUT2D eigenvalue weighted by Crippen LogP contribution is -1.95. The maximum absolute atomic E-state index is 6.39. The van der Waals surface area contributed by atoms with E-state index in [-0.39, 0.29) is 5.38 Å². The first kappa shape index (κ1) is 12.1. The summed E-state index contributed by atoms with van der Waals surface area (Å²) >= 11 is 9.74. The zero-order valence-corrected chi connectivity index (χ0v) is 12.1. The van der Waals surface area contributed by atoms with Crippen LogP contribution in [0.4, 0.5) is 0 Å². The molecule has 2 heterocycles. The highest BCUT2D eigenvalue weighted by Crippen LogP contribution is 2.30. The topological polar surface area (TPSA) is 25.8 Å². The maximum atomic E-state index is 6.39. The Morgan fingerprint density at radius 2 is 2.11 bits per heavy atom. The minimum atomic E-state index is -0.0875. The molecule has 0 amide bonds. The smallest absolute Gasteiger partial charge is 0.0957 e. The van der Waals surface area contributed by atoms with Crippen LogP contribution in [0.5, 0.6) is 0 Å². The summed E-state index contributed by atoms with van der Waals surface area (Å²) in [6.45, 7) is 2.00. The molecule has 0 bridgehead atoms. The van der Waals surface area contributed by atoms with Gasteiger partial charge in [0.2, 0.25) is 0 Å². The highest BCUT2D eigenvalue weighted by atomic mass is 35.5. The molecule has 0 aliphatic rings. The van der Waals surface area contributed by atoms with E-state index < -0.39 is 0 Å². The van der Waals surface area contributed by atoms with Gasteiger partial charge in [0.15, 0.2) is 0 Å². The number of alkyl halides is 1. The van der Waals surface area contributed by atoms with Crippen LogP contribution in [0.15, 0.2) is 29.6 Å². The van der Waals surface area contributed by atoms with Crippen LogP contribution in [-0.2, 0) is 6.42 Å². The van der Waals surface area contributed by atoms with E-state index in [2.05, 4.69) is 16.0 Å². The molecule has 92 valence electrons. The highest BCUT2D eigenvalue weighted by Gasteiger charge is 2.14. The largest absolute Gasteiger partial charge is 0.245 e. The maximum Gasteiger partial charge on any atom is 0.0957 e. The molecule has 5 heteroatoms. The van der Waals surface area contributed by atoms with Crippen molar-refractivity contribution in [2.45, 2.75) is 18.7 Å². The molecular weight excluding hydrogens is 284 g/mol. The average molecular weight is 295 g/mol. The van der Waals surface area contributed by atoms with E-state index in [1.54, 1.807) is 22.7 Å². The number of fused-ring (bicyclic) bond motifs is 1. The Morgan fingerprint density at radius 3 is 2.83 bits per heavy atom. The summed E-state index contributed by atoms with van der Waals surface area (Å²) in [6, 6.07) is 8.17. The standard InChI is InChI=1S/C13H11ClN2S2/c1-8-15-11(7-17-8)9(14)6-13-16-10-4-2-3-5-12(10)18-13/h2-5,7,9H,6H2,1H3. The van der Waals surface area contributed by atoms with E-state index >= 15 is 0 Å². The number of thiazole rings is 2. The van der Waals surface area contributed by atoms with Crippen LogP contribution < -0.4 is 0 Å². The van der Waals surface area contributed by atoms with Gasteiger partial charge in [0.25, 0.3) is 0 Å². The van der Waals surface area contributed by atoms with Gasteiger partial charge in [-0.25, -0.2) is 9.97 Å². The highest BCUT2D eigenvalue weighted by molar-refractivity contribution is 7.18. The predicted molar refractivity (Wildman–Crippen MR) is 78.8 cm³/mol. The van der Waals surface area contributed by atoms with Crippen LogP contribution >= 0.6 is 34.3 Å². The fourth-order valence-corrected chi connectivity index (χ4v) is 3.89. The summed E-state index contributed by atoms with van der Waals surface area (Å²) in [6.07, 6.45) is 0.740. The van der Waals surface area contributed by atoms with Gasteiger partial charge in [0, 0.05) is 11.8 Å². The van der Waals surface area contributed by atoms with Crippen molar-refractivity contribution in [1.82, 2.24) is 9.97 Å². The molecule has 0 N–H and O–H groups in total. The molecule has 2 aromatic heterocycles. The first-order valence-electron chi connectivity index (χ1n) is 5.63. The fraction of sp³-hybridized carbons (Fsp3) is 0.231. The molecule has 0 saturated carbocycles. The number of hydrogen-bond donors (Lipinski definition) is 0. The summed E-state index contributed by atoms with van der Waals surface area (Å²) in [4.78, 5) is 9.02. The molecule has 1 unspecified atom stereocenters. The normalized spacial score (nSPS) is 13.0. The molecule has 0 radical (unpaired) electrons. The van der Waals surface area contributed by atoms with Crippen LogP contribution in [-0.4, -0.2) is 9.97 Å². The van der Waals surface area contributed by atoms with E-state index in [1.807, 2.05) is 30.5 Å². The number of aryl methyl sites for hydroxylation is 1. The molecule has 18 heavy (non-hydrogen) atoms. The SMILES string of the molecule is Cc1nc(C(Cl)Cc2nc3ccccc3s2)cs1. The second kappa shape index (κ2) is 4.96. The Labute approximate surface area is 118 Å². The monoisotopic (exact) mass is 294 g/mol. The van der Waals surface area contributed by atoms with Crippen molar-refractivity contribution in [3.8, 4) is 0 Å². The third kappa shape index (κ3) is 2.41. The van der Waals surface area contributed by atoms with Gasteiger partial charge < -0.3 is 0 Å². The number of benzene rings is 1. The van der Waals surface area contributed by atoms with Crippen LogP contribution in [0.3, 0.4) is 0 Å². The molecule has 0 spiro atoms. The van der Waals surface area contributed by atoms with Crippen LogP contribution in [0, 0.1) is 6.92 Å². The zero-order valence-electron chi connectivity index (χ0n) is 9.76. The van der Waals surface area contributed by atoms with Gasteiger partial charge in [-0.15, -0.1) is 34.3 Å². The van der Waals surface area contributed by atoms with Crippen molar-refractivity contribution in [3.05, 3.63) is 45.4 Å². The summed E-state index contributed by atoms with van der Waals surface area (Å²) < 4.78 is 1.21. The van der Waals surface area contributed by atoms with E-state index in [0.29, 0.717) is 0 Å². The fourth-order valence-electron chi connectivity index (χ4n) is 1.79. The van der Waals surface area contributed by atoms with Gasteiger partial charge in [-0.05, 0) is 19.1 Å². The third-order valence-corrected chi connectivity index (χ3v) is 4.88. The molecule has 0 fully saturated rings. The number of rotatable bonds is 3. The lowest BCUT2D eigenvalue weighted by molar-refractivity contribution is 0.876. The lowest BCUT2D eigenvalue weighted by Gasteiger charge is -2.02. The minimum Gasteiger partial charge on any atom is -0.245 e. The van der Waals surface area contributed by atoms with E-state index in [1.165, 1.54) is 4.70 Å².